The molecule has 0 aromatic heterocycles. The van der Waals surface area contributed by atoms with Crippen molar-refractivity contribution in [3.63, 3.8) is 0 Å². The minimum Gasteiger partial charge on any atom is -0.481 e. The standard InChI is InChI=1S/C8H18.C2H4O2.H2O/c1-7(2)6-8(3,4)5;1-2(3)4;/h7H,6H2,1-5H3;1H3,(H,3,4);1H2. The summed E-state index contributed by atoms with van der Waals surface area (Å²) in [6, 6.07) is 0. The van der Waals surface area contributed by atoms with Gasteiger partial charge in [-0.3, -0.25) is 4.79 Å². The van der Waals surface area contributed by atoms with E-state index in [9.17, 15) is 0 Å². The van der Waals surface area contributed by atoms with E-state index in [1.54, 1.807) is 0 Å². The monoisotopic (exact) mass is 192 g/mol. The van der Waals surface area contributed by atoms with Crippen molar-refractivity contribution in [1.29, 1.82) is 0 Å². The van der Waals surface area contributed by atoms with Crippen LogP contribution in [-0.4, -0.2) is 16.6 Å². The molecule has 3 heteroatoms. The Morgan fingerprint density at radius 3 is 1.54 bits per heavy atom. The quantitative estimate of drug-likeness (QED) is 0.692. The summed E-state index contributed by atoms with van der Waals surface area (Å²) >= 11 is 0. The van der Waals surface area contributed by atoms with Crippen LogP contribution < -0.4 is 0 Å². The number of aliphatic carboxylic acids is 1. The van der Waals surface area contributed by atoms with E-state index in [-0.39, 0.29) is 5.48 Å². The summed E-state index contributed by atoms with van der Waals surface area (Å²) in [5.74, 6) is 0.00926. The molecular weight excluding hydrogens is 168 g/mol. The fourth-order valence-corrected chi connectivity index (χ4v) is 1.22. The fourth-order valence-electron chi connectivity index (χ4n) is 1.22. The van der Waals surface area contributed by atoms with Crippen LogP contribution in [0.5, 0.6) is 0 Å². The van der Waals surface area contributed by atoms with Crippen molar-refractivity contribution in [3.05, 3.63) is 0 Å². The zero-order chi connectivity index (χ0) is 10.4. The normalized spacial score (nSPS) is 9.77. The van der Waals surface area contributed by atoms with Crippen LogP contribution in [0.25, 0.3) is 0 Å². The Labute approximate surface area is 81.5 Å². The Bertz CT molecular complexity index is 119. The van der Waals surface area contributed by atoms with Crippen LogP contribution in [-0.2, 0) is 4.79 Å². The van der Waals surface area contributed by atoms with Crippen molar-refractivity contribution in [3.8, 4) is 0 Å². The lowest BCUT2D eigenvalue weighted by Gasteiger charge is -2.19. The third-order valence-corrected chi connectivity index (χ3v) is 1.02. The maximum Gasteiger partial charge on any atom is 0.300 e. The first-order valence-electron chi connectivity index (χ1n) is 4.34. The number of hydrogen-bond donors (Lipinski definition) is 1. The average Bonchev–Trinajstić information content (AvgIpc) is 1.52. The first kappa shape index (κ1) is 18.3. The second kappa shape index (κ2) is 8.05. The molecule has 0 aliphatic heterocycles. The van der Waals surface area contributed by atoms with Gasteiger partial charge in [0.15, 0.2) is 0 Å². The molecular formula is C10H24O3. The van der Waals surface area contributed by atoms with E-state index in [0.29, 0.717) is 5.41 Å². The maximum absolute atomic E-state index is 9.00. The smallest absolute Gasteiger partial charge is 0.300 e. The SMILES string of the molecule is CC(=O)O.CC(C)CC(C)(C)C.O. The molecule has 3 N–H and O–H groups in total. The molecule has 0 heterocycles. The van der Waals surface area contributed by atoms with Gasteiger partial charge in [0.25, 0.3) is 5.97 Å². The van der Waals surface area contributed by atoms with E-state index in [1.807, 2.05) is 0 Å². The molecule has 0 rings (SSSR count). The van der Waals surface area contributed by atoms with Gasteiger partial charge in [-0.05, 0) is 17.8 Å². The summed E-state index contributed by atoms with van der Waals surface area (Å²) in [4.78, 5) is 9.00. The minimum absolute atomic E-state index is 0. The van der Waals surface area contributed by atoms with Crippen LogP contribution in [0.4, 0.5) is 0 Å². The molecule has 82 valence electrons. The van der Waals surface area contributed by atoms with Gasteiger partial charge in [0.2, 0.25) is 0 Å². The van der Waals surface area contributed by atoms with Crippen LogP contribution in [0, 0.1) is 11.3 Å². The summed E-state index contributed by atoms with van der Waals surface area (Å²) < 4.78 is 0. The minimum atomic E-state index is -0.833. The van der Waals surface area contributed by atoms with E-state index in [4.69, 9.17) is 9.90 Å². The first-order valence-corrected chi connectivity index (χ1v) is 4.34. The summed E-state index contributed by atoms with van der Waals surface area (Å²) in [7, 11) is 0. The van der Waals surface area contributed by atoms with Crippen LogP contribution in [0.1, 0.15) is 48.0 Å². The summed E-state index contributed by atoms with van der Waals surface area (Å²) in [6.45, 7) is 12.5. The van der Waals surface area contributed by atoms with Gasteiger partial charge < -0.3 is 10.6 Å². The molecule has 0 bridgehead atoms. The summed E-state index contributed by atoms with van der Waals surface area (Å²) in [5.41, 5.74) is 0.522. The van der Waals surface area contributed by atoms with Gasteiger partial charge in [-0.2, -0.15) is 0 Å². The Hall–Kier alpha value is -0.570. The van der Waals surface area contributed by atoms with E-state index in [2.05, 4.69) is 34.6 Å². The molecule has 0 aromatic rings. The molecule has 13 heavy (non-hydrogen) atoms. The maximum atomic E-state index is 9.00. The molecule has 0 radical (unpaired) electrons. The lowest BCUT2D eigenvalue weighted by molar-refractivity contribution is -0.134. The number of carboxylic acids is 1. The highest BCUT2D eigenvalue weighted by molar-refractivity contribution is 5.62. The van der Waals surface area contributed by atoms with E-state index < -0.39 is 5.97 Å². The summed E-state index contributed by atoms with van der Waals surface area (Å²) in [5, 5.41) is 7.42. The Balaban J connectivity index is -0.000000173. The van der Waals surface area contributed by atoms with Gasteiger partial charge in [-0.1, -0.05) is 34.6 Å². The lowest BCUT2D eigenvalue weighted by Crippen LogP contribution is -2.08. The molecule has 0 saturated carbocycles. The van der Waals surface area contributed by atoms with Gasteiger partial charge in [0, 0.05) is 6.92 Å². The zero-order valence-electron chi connectivity index (χ0n) is 9.64. The van der Waals surface area contributed by atoms with E-state index in [0.717, 1.165) is 12.8 Å². The zero-order valence-corrected chi connectivity index (χ0v) is 9.64. The molecule has 0 saturated heterocycles. The van der Waals surface area contributed by atoms with Crippen LogP contribution in [0.3, 0.4) is 0 Å². The number of carboxylic acid groups (broad SMARTS) is 1. The number of rotatable bonds is 1. The van der Waals surface area contributed by atoms with Crippen LogP contribution >= 0.6 is 0 Å². The van der Waals surface area contributed by atoms with Gasteiger partial charge in [-0.15, -0.1) is 0 Å². The largest absolute Gasteiger partial charge is 0.481 e. The number of hydrogen-bond acceptors (Lipinski definition) is 1. The van der Waals surface area contributed by atoms with Gasteiger partial charge in [0.05, 0.1) is 0 Å². The predicted octanol–water partition coefficient (Wildman–Crippen LogP) is 2.34. The topological polar surface area (TPSA) is 68.8 Å². The first-order chi connectivity index (χ1) is 5.15. The lowest BCUT2D eigenvalue weighted by atomic mass is 9.86. The molecule has 0 fully saturated rings. The predicted molar refractivity (Wildman–Crippen MR) is 55.8 cm³/mol. The second-order valence-electron chi connectivity index (χ2n) is 4.68. The Kier molecular flexibility index (Phi) is 11.3. The van der Waals surface area contributed by atoms with E-state index in [1.165, 1.54) is 6.42 Å². The molecule has 0 aliphatic rings. The van der Waals surface area contributed by atoms with Crippen molar-refractivity contribution in [2.24, 2.45) is 11.3 Å². The van der Waals surface area contributed by atoms with Crippen molar-refractivity contribution >= 4 is 5.97 Å². The second-order valence-corrected chi connectivity index (χ2v) is 4.68. The number of carbonyl (C=O) groups is 1. The Morgan fingerprint density at radius 2 is 1.54 bits per heavy atom. The third kappa shape index (κ3) is 51.8. The molecule has 0 aliphatic carbocycles. The molecule has 0 aromatic carbocycles. The molecule has 0 spiro atoms. The third-order valence-electron chi connectivity index (χ3n) is 1.02. The summed E-state index contributed by atoms with van der Waals surface area (Å²) in [6.07, 6.45) is 1.33. The van der Waals surface area contributed by atoms with Gasteiger partial charge in [-0.25, -0.2) is 0 Å². The van der Waals surface area contributed by atoms with Crippen molar-refractivity contribution in [1.82, 2.24) is 0 Å². The van der Waals surface area contributed by atoms with Gasteiger partial charge >= 0.3 is 0 Å². The van der Waals surface area contributed by atoms with Crippen LogP contribution in [0.2, 0.25) is 0 Å². The van der Waals surface area contributed by atoms with Crippen LogP contribution in [0.15, 0.2) is 0 Å². The highest BCUT2D eigenvalue weighted by atomic mass is 16.4. The molecule has 0 amide bonds. The van der Waals surface area contributed by atoms with E-state index >= 15 is 0 Å². The van der Waals surface area contributed by atoms with Gasteiger partial charge in [0.1, 0.15) is 0 Å². The highest BCUT2D eigenvalue weighted by Crippen LogP contribution is 2.23. The molecule has 3 nitrogen and oxygen atoms in total. The van der Waals surface area contributed by atoms with Crippen molar-refractivity contribution < 1.29 is 15.4 Å². The van der Waals surface area contributed by atoms with Crippen molar-refractivity contribution in [2.45, 2.75) is 48.0 Å². The molecule has 0 atom stereocenters. The fraction of sp³-hybridized carbons (Fsp3) is 0.900. The average molecular weight is 192 g/mol. The highest BCUT2D eigenvalue weighted by Gasteiger charge is 2.11. The molecule has 0 unspecified atom stereocenters. The van der Waals surface area contributed by atoms with Crippen molar-refractivity contribution in [2.75, 3.05) is 0 Å². The Morgan fingerprint density at radius 1 is 1.31 bits per heavy atom.